The summed E-state index contributed by atoms with van der Waals surface area (Å²) in [5.74, 6) is 0.579. The van der Waals surface area contributed by atoms with Gasteiger partial charge in [0.25, 0.3) is 0 Å². The van der Waals surface area contributed by atoms with Gasteiger partial charge in [0, 0.05) is 43.0 Å². The third kappa shape index (κ3) is 7.20. The largest absolute Gasteiger partial charge is 0.379 e. The molecule has 1 aromatic carbocycles. The minimum atomic E-state index is -0.160. The average molecular weight is 532 g/mol. The van der Waals surface area contributed by atoms with Crippen LogP contribution in [0.15, 0.2) is 41.4 Å². The van der Waals surface area contributed by atoms with Gasteiger partial charge in [-0.3, -0.25) is 9.89 Å². The summed E-state index contributed by atoms with van der Waals surface area (Å²) in [5.41, 5.74) is 0.714. The zero-order valence-electron chi connectivity index (χ0n) is 17.0. The first-order valence-electron chi connectivity index (χ1n) is 9.73. The van der Waals surface area contributed by atoms with E-state index in [1.165, 1.54) is 15.8 Å². The number of ether oxygens (including phenoxy) is 1. The standard InChI is InChI=1S/C21H29FN4OS.HI/c1-16-7-8-20(28-16)19(26-11-13-27-14-12-26)15-25-21(23-2)24-10-9-17-5-3-4-6-18(17)22;/h3-8,19H,9-15H2,1-2H3,(H2,23,24,25);1H. The fourth-order valence-corrected chi connectivity index (χ4v) is 4.37. The van der Waals surface area contributed by atoms with Gasteiger partial charge in [-0.05, 0) is 37.1 Å². The zero-order valence-corrected chi connectivity index (χ0v) is 20.1. The van der Waals surface area contributed by atoms with Crippen molar-refractivity contribution in [2.45, 2.75) is 19.4 Å². The molecule has 2 heterocycles. The second kappa shape index (κ2) is 12.5. The Morgan fingerprint density at radius 3 is 2.62 bits per heavy atom. The number of nitrogens with one attached hydrogen (secondary N) is 2. The molecule has 1 aliphatic rings. The third-order valence-electron chi connectivity index (χ3n) is 4.91. The number of morpholine rings is 1. The molecule has 1 atom stereocenters. The van der Waals surface area contributed by atoms with Gasteiger partial charge in [-0.1, -0.05) is 18.2 Å². The second-order valence-corrected chi connectivity index (χ2v) is 8.15. The van der Waals surface area contributed by atoms with Crippen molar-refractivity contribution in [3.63, 3.8) is 0 Å². The molecule has 0 bridgehead atoms. The van der Waals surface area contributed by atoms with Gasteiger partial charge in [0.15, 0.2) is 5.96 Å². The molecule has 160 valence electrons. The molecule has 5 nitrogen and oxygen atoms in total. The Balaban J connectivity index is 0.00000300. The predicted molar refractivity (Wildman–Crippen MR) is 129 cm³/mol. The third-order valence-corrected chi connectivity index (χ3v) is 6.01. The average Bonchev–Trinajstić information content (AvgIpc) is 3.15. The van der Waals surface area contributed by atoms with Crippen molar-refractivity contribution in [2.24, 2.45) is 4.99 Å². The molecule has 0 amide bonds. The molecular formula is C21H30FIN4OS. The SMILES string of the molecule is CN=C(NCCc1ccccc1F)NCC(c1ccc(C)s1)N1CCOCC1.I. The van der Waals surface area contributed by atoms with Gasteiger partial charge in [-0.2, -0.15) is 0 Å². The van der Waals surface area contributed by atoms with Crippen LogP contribution in [-0.2, 0) is 11.2 Å². The molecule has 1 unspecified atom stereocenters. The number of halogens is 2. The van der Waals surface area contributed by atoms with Crippen LogP contribution >= 0.6 is 35.3 Å². The number of nitrogens with zero attached hydrogens (tertiary/aromatic N) is 2. The van der Waals surface area contributed by atoms with E-state index < -0.39 is 0 Å². The number of hydrogen-bond donors (Lipinski definition) is 2. The highest BCUT2D eigenvalue weighted by atomic mass is 127. The summed E-state index contributed by atoms with van der Waals surface area (Å²) in [7, 11) is 1.76. The monoisotopic (exact) mass is 532 g/mol. The Hall–Kier alpha value is -1.23. The van der Waals surface area contributed by atoms with Gasteiger partial charge in [-0.15, -0.1) is 35.3 Å². The summed E-state index contributed by atoms with van der Waals surface area (Å²) in [6.45, 7) is 6.94. The van der Waals surface area contributed by atoms with Crippen molar-refractivity contribution in [3.8, 4) is 0 Å². The second-order valence-electron chi connectivity index (χ2n) is 6.83. The molecular weight excluding hydrogens is 502 g/mol. The van der Waals surface area contributed by atoms with E-state index in [4.69, 9.17) is 4.74 Å². The normalized spacial score (nSPS) is 16.2. The molecule has 3 rings (SSSR count). The van der Waals surface area contributed by atoms with E-state index in [2.05, 4.69) is 39.6 Å². The van der Waals surface area contributed by atoms with Crippen molar-refractivity contribution in [1.82, 2.24) is 15.5 Å². The molecule has 1 aromatic heterocycles. The Kier molecular flexibility index (Phi) is 10.3. The lowest BCUT2D eigenvalue weighted by atomic mass is 10.1. The smallest absolute Gasteiger partial charge is 0.191 e. The van der Waals surface area contributed by atoms with Crippen LogP contribution in [0.3, 0.4) is 0 Å². The molecule has 8 heteroatoms. The highest BCUT2D eigenvalue weighted by Gasteiger charge is 2.24. The quantitative estimate of drug-likeness (QED) is 0.325. The van der Waals surface area contributed by atoms with Crippen LogP contribution in [0.2, 0.25) is 0 Å². The lowest BCUT2D eigenvalue weighted by molar-refractivity contribution is 0.0177. The predicted octanol–water partition coefficient (Wildman–Crippen LogP) is 3.59. The molecule has 2 aromatic rings. The minimum Gasteiger partial charge on any atom is -0.379 e. The van der Waals surface area contributed by atoms with Gasteiger partial charge in [0.2, 0.25) is 0 Å². The summed E-state index contributed by atoms with van der Waals surface area (Å²) in [6.07, 6.45) is 0.615. The van der Waals surface area contributed by atoms with Crippen LogP contribution < -0.4 is 10.6 Å². The van der Waals surface area contributed by atoms with Gasteiger partial charge in [0.1, 0.15) is 5.82 Å². The Labute approximate surface area is 193 Å². The zero-order chi connectivity index (χ0) is 19.8. The van der Waals surface area contributed by atoms with E-state index in [0.717, 1.165) is 38.8 Å². The van der Waals surface area contributed by atoms with Crippen LogP contribution in [0, 0.1) is 12.7 Å². The fraction of sp³-hybridized carbons (Fsp3) is 0.476. The maximum Gasteiger partial charge on any atom is 0.191 e. The molecule has 1 fully saturated rings. The van der Waals surface area contributed by atoms with Crippen molar-refractivity contribution >= 4 is 41.3 Å². The van der Waals surface area contributed by atoms with Crippen LogP contribution in [0.4, 0.5) is 4.39 Å². The molecule has 0 radical (unpaired) electrons. The van der Waals surface area contributed by atoms with Crippen molar-refractivity contribution in [2.75, 3.05) is 46.4 Å². The Morgan fingerprint density at radius 1 is 1.21 bits per heavy atom. The number of benzene rings is 1. The number of guanidine groups is 1. The summed E-state index contributed by atoms with van der Waals surface area (Å²) >= 11 is 1.84. The topological polar surface area (TPSA) is 48.9 Å². The fourth-order valence-electron chi connectivity index (χ4n) is 3.36. The number of aryl methyl sites for hydroxylation is 1. The first kappa shape index (κ1) is 24.0. The van der Waals surface area contributed by atoms with Crippen LogP contribution in [-0.4, -0.2) is 57.3 Å². The summed E-state index contributed by atoms with van der Waals surface area (Å²) in [4.78, 5) is 9.46. The maximum absolute atomic E-state index is 13.8. The Morgan fingerprint density at radius 2 is 1.97 bits per heavy atom. The number of hydrogen-bond acceptors (Lipinski definition) is 4. The van der Waals surface area contributed by atoms with Crippen molar-refractivity contribution < 1.29 is 9.13 Å². The van der Waals surface area contributed by atoms with E-state index in [1.807, 2.05) is 23.5 Å². The van der Waals surface area contributed by atoms with Gasteiger partial charge < -0.3 is 15.4 Å². The van der Waals surface area contributed by atoms with Crippen LogP contribution in [0.5, 0.6) is 0 Å². The molecule has 0 spiro atoms. The van der Waals surface area contributed by atoms with Crippen LogP contribution in [0.1, 0.15) is 21.4 Å². The first-order valence-corrected chi connectivity index (χ1v) is 10.5. The molecule has 29 heavy (non-hydrogen) atoms. The lowest BCUT2D eigenvalue weighted by Gasteiger charge is -2.34. The lowest BCUT2D eigenvalue weighted by Crippen LogP contribution is -2.46. The molecule has 1 saturated heterocycles. The van der Waals surface area contributed by atoms with E-state index >= 15 is 0 Å². The maximum atomic E-state index is 13.8. The number of thiophene rings is 1. The molecule has 0 saturated carbocycles. The highest BCUT2D eigenvalue weighted by Crippen LogP contribution is 2.27. The van der Waals surface area contributed by atoms with Crippen molar-refractivity contribution in [3.05, 3.63) is 57.5 Å². The highest BCUT2D eigenvalue weighted by molar-refractivity contribution is 14.0. The number of rotatable bonds is 7. The van der Waals surface area contributed by atoms with Gasteiger partial charge in [0.05, 0.1) is 19.3 Å². The summed E-state index contributed by atoms with van der Waals surface area (Å²) in [6, 6.07) is 11.6. The summed E-state index contributed by atoms with van der Waals surface area (Å²) in [5, 5.41) is 6.74. The van der Waals surface area contributed by atoms with E-state index in [9.17, 15) is 4.39 Å². The molecule has 2 N–H and O–H groups in total. The first-order chi connectivity index (χ1) is 13.7. The minimum absolute atomic E-state index is 0. The molecule has 1 aliphatic heterocycles. The summed E-state index contributed by atoms with van der Waals surface area (Å²) < 4.78 is 19.3. The van der Waals surface area contributed by atoms with Gasteiger partial charge in [-0.25, -0.2) is 4.39 Å². The van der Waals surface area contributed by atoms with E-state index in [0.29, 0.717) is 18.5 Å². The van der Waals surface area contributed by atoms with Gasteiger partial charge >= 0.3 is 0 Å². The van der Waals surface area contributed by atoms with E-state index in [-0.39, 0.29) is 35.8 Å². The van der Waals surface area contributed by atoms with Crippen molar-refractivity contribution in [1.29, 1.82) is 0 Å². The van der Waals surface area contributed by atoms with Crippen LogP contribution in [0.25, 0.3) is 0 Å². The number of aliphatic imine (C=N–C) groups is 1. The van der Waals surface area contributed by atoms with E-state index in [1.54, 1.807) is 13.1 Å². The molecule has 0 aliphatic carbocycles. The Bertz CT molecular complexity index is 780.